The highest BCUT2D eigenvalue weighted by atomic mass is 16.5. The second-order valence-electron chi connectivity index (χ2n) is 4.00. The second kappa shape index (κ2) is 7.01. The Morgan fingerprint density at radius 1 is 1.15 bits per heavy atom. The molecule has 0 saturated carbocycles. The Labute approximate surface area is 118 Å². The number of aliphatic imine (C=N–C) groups is 1. The molecular weight excluding hydrogens is 250 g/mol. The summed E-state index contributed by atoms with van der Waals surface area (Å²) in [6.45, 7) is 0.216. The van der Waals surface area contributed by atoms with Gasteiger partial charge in [0.05, 0.1) is 12.8 Å². The Bertz CT molecular complexity index is 627. The Morgan fingerprint density at radius 3 is 2.65 bits per heavy atom. The van der Waals surface area contributed by atoms with Crippen molar-refractivity contribution in [2.45, 2.75) is 0 Å². The van der Waals surface area contributed by atoms with E-state index in [1.54, 1.807) is 13.3 Å². The van der Waals surface area contributed by atoms with Crippen LogP contribution in [0.3, 0.4) is 0 Å². The molecule has 0 aliphatic heterocycles. The molecule has 2 rings (SSSR count). The highest BCUT2D eigenvalue weighted by Gasteiger charge is 2.04. The highest BCUT2D eigenvalue weighted by molar-refractivity contribution is 5.83. The van der Waals surface area contributed by atoms with Crippen molar-refractivity contribution >= 4 is 11.9 Å². The number of terminal acetylenes is 1. The normalized spacial score (nSPS) is 10.2. The number of benzene rings is 2. The van der Waals surface area contributed by atoms with E-state index in [1.807, 2.05) is 48.5 Å². The van der Waals surface area contributed by atoms with Gasteiger partial charge in [0.1, 0.15) is 6.61 Å². The fourth-order valence-electron chi connectivity index (χ4n) is 1.67. The second-order valence-corrected chi connectivity index (χ2v) is 4.00. The van der Waals surface area contributed by atoms with Gasteiger partial charge in [-0.1, -0.05) is 24.1 Å². The number of nitrogens with zero attached hydrogens (tertiary/aromatic N) is 1. The molecule has 0 aliphatic carbocycles. The van der Waals surface area contributed by atoms with Crippen molar-refractivity contribution in [3.8, 4) is 23.8 Å². The molecule has 0 radical (unpaired) electrons. The van der Waals surface area contributed by atoms with Crippen LogP contribution in [-0.2, 0) is 0 Å². The summed E-state index contributed by atoms with van der Waals surface area (Å²) in [7, 11) is 1.59. The maximum atomic E-state index is 5.39. The van der Waals surface area contributed by atoms with Crippen LogP contribution >= 0.6 is 0 Å². The first kappa shape index (κ1) is 13.7. The van der Waals surface area contributed by atoms with Gasteiger partial charge in [-0.15, -0.1) is 6.42 Å². The van der Waals surface area contributed by atoms with Gasteiger partial charge >= 0.3 is 0 Å². The summed E-state index contributed by atoms with van der Waals surface area (Å²) in [5, 5.41) is 0. The summed E-state index contributed by atoms with van der Waals surface area (Å²) in [6.07, 6.45) is 6.95. The van der Waals surface area contributed by atoms with Gasteiger partial charge < -0.3 is 9.47 Å². The summed E-state index contributed by atoms with van der Waals surface area (Å²) >= 11 is 0. The average molecular weight is 265 g/mol. The maximum absolute atomic E-state index is 5.39. The molecule has 0 aliphatic rings. The molecule has 100 valence electrons. The van der Waals surface area contributed by atoms with E-state index in [2.05, 4.69) is 10.9 Å². The minimum atomic E-state index is 0.216. The minimum absolute atomic E-state index is 0.216. The third-order valence-electron chi connectivity index (χ3n) is 2.62. The number of methoxy groups -OCH3 is 1. The van der Waals surface area contributed by atoms with Gasteiger partial charge in [-0.25, -0.2) is 0 Å². The maximum Gasteiger partial charge on any atom is 0.162 e. The van der Waals surface area contributed by atoms with Gasteiger partial charge in [-0.2, -0.15) is 0 Å². The lowest BCUT2D eigenvalue weighted by molar-refractivity contribution is 0.331. The predicted octanol–water partition coefficient (Wildman–Crippen LogP) is 3.46. The van der Waals surface area contributed by atoms with Crippen LogP contribution in [0, 0.1) is 12.3 Å². The molecule has 0 bridgehead atoms. The lowest BCUT2D eigenvalue weighted by Gasteiger charge is -2.08. The molecule has 0 aromatic heterocycles. The van der Waals surface area contributed by atoms with Gasteiger partial charge in [-0.05, 0) is 35.9 Å². The molecule has 3 heteroatoms. The van der Waals surface area contributed by atoms with E-state index < -0.39 is 0 Å². The largest absolute Gasteiger partial charge is 0.493 e. The van der Waals surface area contributed by atoms with Crippen LogP contribution in [0.2, 0.25) is 0 Å². The molecule has 0 unspecified atom stereocenters. The first-order valence-corrected chi connectivity index (χ1v) is 6.17. The quantitative estimate of drug-likeness (QED) is 0.612. The predicted molar refractivity (Wildman–Crippen MR) is 81.0 cm³/mol. The number of hydrogen-bond acceptors (Lipinski definition) is 3. The summed E-state index contributed by atoms with van der Waals surface area (Å²) in [5.74, 6) is 3.69. The van der Waals surface area contributed by atoms with Crippen molar-refractivity contribution in [2.75, 3.05) is 13.7 Å². The highest BCUT2D eigenvalue weighted by Crippen LogP contribution is 2.27. The van der Waals surface area contributed by atoms with E-state index in [0.29, 0.717) is 11.5 Å². The molecule has 0 fully saturated rings. The Morgan fingerprint density at radius 2 is 1.95 bits per heavy atom. The molecular formula is C17H15NO2. The average Bonchev–Trinajstić information content (AvgIpc) is 2.52. The lowest BCUT2D eigenvalue weighted by atomic mass is 10.2. The SMILES string of the molecule is C#CCOc1ccc(C=Nc2ccccc2)cc1OC. The molecule has 0 atom stereocenters. The summed E-state index contributed by atoms with van der Waals surface area (Å²) in [4.78, 5) is 4.39. The summed E-state index contributed by atoms with van der Waals surface area (Å²) in [5.41, 5.74) is 1.83. The fourth-order valence-corrected chi connectivity index (χ4v) is 1.67. The summed E-state index contributed by atoms with van der Waals surface area (Å²) in [6, 6.07) is 15.3. The van der Waals surface area contributed by atoms with E-state index >= 15 is 0 Å². The molecule has 0 saturated heterocycles. The van der Waals surface area contributed by atoms with Crippen LogP contribution in [0.4, 0.5) is 5.69 Å². The van der Waals surface area contributed by atoms with E-state index in [4.69, 9.17) is 15.9 Å². The third-order valence-corrected chi connectivity index (χ3v) is 2.62. The van der Waals surface area contributed by atoms with E-state index in [1.165, 1.54) is 0 Å². The standard InChI is InChI=1S/C17H15NO2/c1-3-11-20-16-10-9-14(12-17(16)19-2)13-18-15-7-5-4-6-8-15/h1,4-10,12-13H,11H2,2H3. The number of para-hydroxylation sites is 1. The molecule has 20 heavy (non-hydrogen) atoms. The first-order chi connectivity index (χ1) is 9.83. The lowest BCUT2D eigenvalue weighted by Crippen LogP contribution is -1.97. The monoisotopic (exact) mass is 265 g/mol. The third kappa shape index (κ3) is 3.63. The molecule has 0 N–H and O–H groups in total. The van der Waals surface area contributed by atoms with E-state index in [-0.39, 0.29) is 6.61 Å². The van der Waals surface area contributed by atoms with Crippen LogP contribution < -0.4 is 9.47 Å². The zero-order valence-corrected chi connectivity index (χ0v) is 11.2. The number of rotatable bonds is 5. The van der Waals surface area contributed by atoms with E-state index in [0.717, 1.165) is 11.3 Å². The van der Waals surface area contributed by atoms with Crippen molar-refractivity contribution in [3.63, 3.8) is 0 Å². The smallest absolute Gasteiger partial charge is 0.162 e. The van der Waals surface area contributed by atoms with Crippen LogP contribution in [0.5, 0.6) is 11.5 Å². The van der Waals surface area contributed by atoms with Crippen LogP contribution in [0.15, 0.2) is 53.5 Å². The van der Waals surface area contributed by atoms with Gasteiger partial charge in [0.25, 0.3) is 0 Å². The minimum Gasteiger partial charge on any atom is -0.493 e. The number of ether oxygens (including phenoxy) is 2. The molecule has 2 aromatic carbocycles. The van der Waals surface area contributed by atoms with Crippen molar-refractivity contribution in [2.24, 2.45) is 4.99 Å². The van der Waals surface area contributed by atoms with Crippen LogP contribution in [0.1, 0.15) is 5.56 Å². The van der Waals surface area contributed by atoms with Crippen molar-refractivity contribution in [1.82, 2.24) is 0 Å². The zero-order valence-electron chi connectivity index (χ0n) is 11.2. The topological polar surface area (TPSA) is 30.8 Å². The van der Waals surface area contributed by atoms with Crippen LogP contribution in [-0.4, -0.2) is 19.9 Å². The fraction of sp³-hybridized carbons (Fsp3) is 0.118. The molecule has 0 heterocycles. The van der Waals surface area contributed by atoms with Crippen molar-refractivity contribution in [3.05, 3.63) is 54.1 Å². The molecule has 0 amide bonds. The Kier molecular flexibility index (Phi) is 4.80. The summed E-state index contributed by atoms with van der Waals surface area (Å²) < 4.78 is 10.7. The van der Waals surface area contributed by atoms with Gasteiger partial charge in [0.15, 0.2) is 11.5 Å². The van der Waals surface area contributed by atoms with E-state index in [9.17, 15) is 0 Å². The Balaban J connectivity index is 2.17. The van der Waals surface area contributed by atoms with Gasteiger partial charge in [0.2, 0.25) is 0 Å². The Hall–Kier alpha value is -2.73. The van der Waals surface area contributed by atoms with Gasteiger partial charge in [-0.3, -0.25) is 4.99 Å². The first-order valence-electron chi connectivity index (χ1n) is 6.17. The van der Waals surface area contributed by atoms with Gasteiger partial charge in [0, 0.05) is 6.21 Å². The molecule has 0 spiro atoms. The molecule has 3 nitrogen and oxygen atoms in total. The number of hydrogen-bond donors (Lipinski definition) is 0. The molecule has 2 aromatic rings. The van der Waals surface area contributed by atoms with Crippen molar-refractivity contribution < 1.29 is 9.47 Å². The van der Waals surface area contributed by atoms with Crippen molar-refractivity contribution in [1.29, 1.82) is 0 Å². The van der Waals surface area contributed by atoms with Crippen LogP contribution in [0.25, 0.3) is 0 Å². The zero-order chi connectivity index (χ0) is 14.2.